The maximum atomic E-state index is 2.31. The van der Waals surface area contributed by atoms with E-state index in [1.54, 1.807) is 0 Å². The summed E-state index contributed by atoms with van der Waals surface area (Å²) in [6.45, 7) is 9.05. The van der Waals surface area contributed by atoms with Crippen LogP contribution in [0.2, 0.25) is 0 Å². The van der Waals surface area contributed by atoms with Crippen LogP contribution in [0.4, 0.5) is 5.69 Å². The number of hydrogen-bond donors (Lipinski definition) is 0. The summed E-state index contributed by atoms with van der Waals surface area (Å²) in [5.41, 5.74) is 4.47. The van der Waals surface area contributed by atoms with Crippen molar-refractivity contribution in [2.45, 2.75) is 39.5 Å². The molecular weight excluding hydrogens is 182 g/mol. The van der Waals surface area contributed by atoms with Crippen LogP contribution in [0.5, 0.6) is 0 Å². The van der Waals surface area contributed by atoms with Crippen molar-refractivity contribution < 1.29 is 0 Å². The van der Waals surface area contributed by atoms with Crippen molar-refractivity contribution in [1.29, 1.82) is 0 Å². The molecule has 0 amide bonds. The lowest BCUT2D eigenvalue weighted by molar-refractivity contribution is 0.583. The zero-order valence-electron chi connectivity index (χ0n) is 10.9. The first-order valence-electron chi connectivity index (χ1n) is 5.67. The topological polar surface area (TPSA) is 3.24 Å². The van der Waals surface area contributed by atoms with Crippen molar-refractivity contribution in [3.8, 4) is 0 Å². The number of hydrogen-bond acceptors (Lipinski definition) is 1. The third-order valence-corrected chi connectivity index (χ3v) is 2.79. The van der Waals surface area contributed by atoms with Gasteiger partial charge in [0.05, 0.1) is 0 Å². The van der Waals surface area contributed by atoms with Gasteiger partial charge >= 0.3 is 0 Å². The van der Waals surface area contributed by atoms with Crippen molar-refractivity contribution in [3.63, 3.8) is 0 Å². The van der Waals surface area contributed by atoms with Crippen LogP contribution in [-0.2, 0) is 11.8 Å². The highest BCUT2D eigenvalue weighted by molar-refractivity contribution is 5.51. The summed E-state index contributed by atoms with van der Waals surface area (Å²) < 4.78 is 0. The summed E-state index contributed by atoms with van der Waals surface area (Å²) >= 11 is 0. The van der Waals surface area contributed by atoms with Gasteiger partial charge in [-0.3, -0.25) is 0 Å². The molecule has 15 heavy (non-hydrogen) atoms. The van der Waals surface area contributed by atoms with E-state index in [0.29, 0.717) is 0 Å². The van der Waals surface area contributed by atoms with Crippen LogP contribution in [0.25, 0.3) is 0 Å². The molecular formula is C14H23N. The lowest BCUT2D eigenvalue weighted by Crippen LogP contribution is -2.15. The average Bonchev–Trinajstić information content (AvgIpc) is 2.15. The van der Waals surface area contributed by atoms with E-state index in [4.69, 9.17) is 0 Å². The molecule has 0 saturated carbocycles. The van der Waals surface area contributed by atoms with Gasteiger partial charge in [-0.25, -0.2) is 0 Å². The molecule has 1 rings (SSSR count). The van der Waals surface area contributed by atoms with Gasteiger partial charge in [-0.05, 0) is 35.1 Å². The van der Waals surface area contributed by atoms with Crippen LogP contribution in [-0.4, -0.2) is 14.1 Å². The van der Waals surface area contributed by atoms with Crippen molar-refractivity contribution in [3.05, 3.63) is 29.3 Å². The molecule has 0 unspecified atom stereocenters. The molecule has 0 fully saturated rings. The molecule has 84 valence electrons. The molecule has 1 aromatic carbocycles. The minimum Gasteiger partial charge on any atom is -0.378 e. The Morgan fingerprint density at radius 1 is 1.13 bits per heavy atom. The minimum atomic E-state index is 0.246. The first-order valence-corrected chi connectivity index (χ1v) is 5.67. The molecule has 1 aromatic rings. The van der Waals surface area contributed by atoms with Gasteiger partial charge in [-0.15, -0.1) is 0 Å². The lowest BCUT2D eigenvalue weighted by Gasteiger charge is -2.24. The van der Waals surface area contributed by atoms with Gasteiger partial charge in [0.2, 0.25) is 0 Å². The van der Waals surface area contributed by atoms with Crippen molar-refractivity contribution in [2.75, 3.05) is 19.0 Å². The summed E-state index contributed by atoms with van der Waals surface area (Å²) in [7, 11) is 4.18. The van der Waals surface area contributed by atoms with E-state index >= 15 is 0 Å². The highest BCUT2D eigenvalue weighted by atomic mass is 15.1. The van der Waals surface area contributed by atoms with Gasteiger partial charge in [0, 0.05) is 19.8 Å². The van der Waals surface area contributed by atoms with Crippen LogP contribution in [0.15, 0.2) is 18.2 Å². The standard InChI is InChI=1S/C14H23N/c1-7-11-10-12(15(5)6)8-9-13(11)14(2,3)4/h8-10H,7H2,1-6H3. The Balaban J connectivity index is 3.21. The maximum Gasteiger partial charge on any atom is 0.0363 e. The van der Waals surface area contributed by atoms with Gasteiger partial charge in [0.1, 0.15) is 0 Å². The quantitative estimate of drug-likeness (QED) is 0.713. The highest BCUT2D eigenvalue weighted by Crippen LogP contribution is 2.29. The summed E-state index contributed by atoms with van der Waals surface area (Å²) in [6.07, 6.45) is 1.11. The Morgan fingerprint density at radius 2 is 1.73 bits per heavy atom. The molecule has 0 atom stereocenters. The second kappa shape index (κ2) is 4.26. The molecule has 0 bridgehead atoms. The van der Waals surface area contributed by atoms with Crippen molar-refractivity contribution >= 4 is 5.69 Å². The van der Waals surface area contributed by atoms with E-state index in [1.807, 2.05) is 0 Å². The number of rotatable bonds is 2. The molecule has 0 radical (unpaired) electrons. The van der Waals surface area contributed by atoms with Crippen LogP contribution in [0.3, 0.4) is 0 Å². The SMILES string of the molecule is CCc1cc(N(C)C)ccc1C(C)(C)C. The Morgan fingerprint density at radius 3 is 2.13 bits per heavy atom. The number of aryl methyl sites for hydroxylation is 1. The molecule has 0 aliphatic rings. The van der Waals surface area contributed by atoms with Crippen LogP contribution in [0.1, 0.15) is 38.8 Å². The largest absolute Gasteiger partial charge is 0.378 e. The van der Waals surface area contributed by atoms with Gasteiger partial charge < -0.3 is 4.90 Å². The Hall–Kier alpha value is -0.980. The molecule has 0 saturated heterocycles. The van der Waals surface area contributed by atoms with Crippen molar-refractivity contribution in [1.82, 2.24) is 0 Å². The zero-order chi connectivity index (χ0) is 11.6. The number of anilines is 1. The van der Waals surface area contributed by atoms with Gasteiger partial charge in [-0.1, -0.05) is 33.8 Å². The van der Waals surface area contributed by atoms with E-state index in [9.17, 15) is 0 Å². The molecule has 0 spiro atoms. The maximum absolute atomic E-state index is 2.31. The summed E-state index contributed by atoms with van der Waals surface area (Å²) in [5, 5.41) is 0. The highest BCUT2D eigenvalue weighted by Gasteiger charge is 2.17. The summed E-state index contributed by atoms with van der Waals surface area (Å²) in [4.78, 5) is 2.16. The summed E-state index contributed by atoms with van der Waals surface area (Å²) in [6, 6.07) is 6.79. The van der Waals surface area contributed by atoms with Gasteiger partial charge in [0.25, 0.3) is 0 Å². The van der Waals surface area contributed by atoms with Crippen LogP contribution < -0.4 is 4.90 Å². The first-order chi connectivity index (χ1) is 6.86. The fourth-order valence-electron chi connectivity index (χ4n) is 1.88. The van der Waals surface area contributed by atoms with E-state index in [2.05, 4.69) is 64.9 Å². The third-order valence-electron chi connectivity index (χ3n) is 2.79. The minimum absolute atomic E-state index is 0.246. The van der Waals surface area contributed by atoms with E-state index < -0.39 is 0 Å². The molecule has 1 heteroatoms. The Kier molecular flexibility index (Phi) is 3.43. The predicted octanol–water partition coefficient (Wildman–Crippen LogP) is 3.61. The molecule has 1 nitrogen and oxygen atoms in total. The average molecular weight is 205 g/mol. The number of nitrogens with zero attached hydrogens (tertiary/aromatic N) is 1. The van der Waals surface area contributed by atoms with E-state index in [0.717, 1.165) is 6.42 Å². The number of benzene rings is 1. The van der Waals surface area contributed by atoms with Crippen molar-refractivity contribution in [2.24, 2.45) is 0 Å². The predicted molar refractivity (Wildman–Crippen MR) is 68.8 cm³/mol. The zero-order valence-corrected chi connectivity index (χ0v) is 10.9. The van der Waals surface area contributed by atoms with E-state index in [1.165, 1.54) is 16.8 Å². The lowest BCUT2D eigenvalue weighted by atomic mass is 9.83. The second-order valence-corrected chi connectivity index (χ2v) is 5.34. The molecule has 0 heterocycles. The third kappa shape index (κ3) is 2.74. The molecule has 0 aromatic heterocycles. The van der Waals surface area contributed by atoms with Gasteiger partial charge in [-0.2, -0.15) is 0 Å². The van der Waals surface area contributed by atoms with Crippen LogP contribution >= 0.6 is 0 Å². The fraction of sp³-hybridized carbons (Fsp3) is 0.571. The van der Waals surface area contributed by atoms with Crippen LogP contribution in [0, 0.1) is 0 Å². The monoisotopic (exact) mass is 205 g/mol. The Labute approximate surface area is 94.1 Å². The first kappa shape index (κ1) is 12.1. The molecule has 0 N–H and O–H groups in total. The summed E-state index contributed by atoms with van der Waals surface area (Å²) in [5.74, 6) is 0. The normalized spacial score (nSPS) is 11.6. The second-order valence-electron chi connectivity index (χ2n) is 5.34. The smallest absolute Gasteiger partial charge is 0.0363 e. The van der Waals surface area contributed by atoms with E-state index in [-0.39, 0.29) is 5.41 Å². The molecule has 0 aliphatic carbocycles. The van der Waals surface area contributed by atoms with Gasteiger partial charge in [0.15, 0.2) is 0 Å². The Bertz CT molecular complexity index is 332. The fourth-order valence-corrected chi connectivity index (χ4v) is 1.88. The molecule has 0 aliphatic heterocycles.